The van der Waals surface area contributed by atoms with Gasteiger partial charge in [0.1, 0.15) is 0 Å². The molecular weight excluding hydrogens is 186 g/mol. The van der Waals surface area contributed by atoms with Gasteiger partial charge < -0.3 is 9.11 Å². The molecule has 0 atom stereocenters. The third-order valence-electron chi connectivity index (χ3n) is 0.636. The molecule has 0 aromatic carbocycles. The lowest BCUT2D eigenvalue weighted by atomic mass is 10.6. The number of rotatable bonds is 0. The third-order valence-corrected chi connectivity index (χ3v) is 0.636. The van der Waals surface area contributed by atoms with E-state index in [1.165, 1.54) is 4.79 Å². The van der Waals surface area contributed by atoms with Crippen LogP contribution in [0.4, 0.5) is 0 Å². The topological polar surface area (TPSA) is 123 Å². The van der Waals surface area contributed by atoms with Gasteiger partial charge in [0.2, 0.25) is 6.20 Å². The van der Waals surface area contributed by atoms with Crippen molar-refractivity contribution in [3.05, 3.63) is 24.5 Å². The zero-order chi connectivity index (χ0) is 9.61. The molecule has 0 radical (unpaired) electrons. The van der Waals surface area contributed by atoms with E-state index in [1.807, 2.05) is 12.1 Å². The lowest BCUT2D eigenvalue weighted by Gasteiger charge is -2.06. The van der Waals surface area contributed by atoms with Crippen LogP contribution in [0.15, 0.2) is 24.5 Å². The standard InChI is InChI=1S/C4H6N3.H2O4S/c5-7-4-2-1-3-6-7;1-5(2,3)4/h1-4H,(H2,5,6);(H2,1,2,3,4)/q+1;/p-2. The molecule has 1 rings (SSSR count). The van der Waals surface area contributed by atoms with Gasteiger partial charge in [0.15, 0.2) is 0 Å². The molecule has 8 heteroatoms. The van der Waals surface area contributed by atoms with Gasteiger partial charge in [-0.25, -0.2) is 0 Å². The van der Waals surface area contributed by atoms with Gasteiger partial charge >= 0.3 is 0 Å². The van der Waals surface area contributed by atoms with E-state index in [9.17, 15) is 0 Å². The number of hydrogen-bond donors (Lipinski definition) is 1. The Morgan fingerprint density at radius 1 is 1.33 bits per heavy atom. The first-order valence-corrected chi connectivity index (χ1v) is 3.97. The highest BCUT2D eigenvalue weighted by atomic mass is 32.3. The molecular formula is C4H6N3O4S-. The highest BCUT2D eigenvalue weighted by Crippen LogP contribution is 1.65. The maximum Gasteiger partial charge on any atom is 0.230 e. The van der Waals surface area contributed by atoms with Gasteiger partial charge in [0.25, 0.3) is 0 Å². The van der Waals surface area contributed by atoms with E-state index in [0.29, 0.717) is 0 Å². The minimum atomic E-state index is -5.17. The molecule has 68 valence electrons. The summed E-state index contributed by atoms with van der Waals surface area (Å²) in [6, 6.07) is 3.62. The lowest BCUT2D eigenvalue weighted by molar-refractivity contribution is -0.700. The average molecular weight is 192 g/mol. The summed E-state index contributed by atoms with van der Waals surface area (Å²) >= 11 is 0. The van der Waals surface area contributed by atoms with Crippen molar-refractivity contribution in [2.75, 3.05) is 5.84 Å². The van der Waals surface area contributed by atoms with Crippen LogP contribution in [0.25, 0.3) is 0 Å². The van der Waals surface area contributed by atoms with Crippen molar-refractivity contribution in [1.82, 2.24) is 5.10 Å². The van der Waals surface area contributed by atoms with Crippen molar-refractivity contribution in [2.24, 2.45) is 0 Å². The van der Waals surface area contributed by atoms with E-state index in [2.05, 4.69) is 5.10 Å². The van der Waals surface area contributed by atoms with Crippen LogP contribution in [0.1, 0.15) is 0 Å². The number of nitrogen functional groups attached to an aromatic ring is 1. The van der Waals surface area contributed by atoms with Gasteiger partial charge in [0, 0.05) is 26.4 Å². The number of hydrogen-bond acceptors (Lipinski definition) is 6. The van der Waals surface area contributed by atoms with Gasteiger partial charge in [-0.1, -0.05) is 0 Å². The second-order valence-electron chi connectivity index (χ2n) is 1.59. The molecule has 0 spiro atoms. The predicted molar refractivity (Wildman–Crippen MR) is 35.1 cm³/mol. The average Bonchev–Trinajstić information content (AvgIpc) is 1.85. The molecule has 0 fully saturated rings. The summed E-state index contributed by atoms with van der Waals surface area (Å²) in [5.41, 5.74) is 0. The molecule has 1 aromatic heterocycles. The first kappa shape index (κ1) is 10.8. The maximum absolute atomic E-state index is 8.52. The molecule has 12 heavy (non-hydrogen) atoms. The number of nitrogens with zero attached hydrogens (tertiary/aromatic N) is 2. The second kappa shape index (κ2) is 4.59. The van der Waals surface area contributed by atoms with E-state index >= 15 is 0 Å². The zero-order valence-electron chi connectivity index (χ0n) is 5.82. The van der Waals surface area contributed by atoms with E-state index < -0.39 is 10.4 Å². The predicted octanol–water partition coefficient (Wildman–Crippen LogP) is -2.26. The molecule has 2 N–H and O–H groups in total. The summed E-state index contributed by atoms with van der Waals surface area (Å²) in [6.45, 7) is 0. The van der Waals surface area contributed by atoms with E-state index in [4.69, 9.17) is 23.4 Å². The number of nitrogens with two attached hydrogens (primary N) is 1. The molecule has 0 bridgehead atoms. The highest BCUT2D eigenvalue weighted by Gasteiger charge is 1.82. The van der Waals surface area contributed by atoms with Crippen LogP contribution in [-0.2, 0) is 10.4 Å². The molecule has 0 aliphatic rings. The molecule has 0 unspecified atom stereocenters. The summed E-state index contributed by atoms with van der Waals surface area (Å²) in [7, 11) is -5.17. The van der Waals surface area contributed by atoms with Gasteiger partial charge in [-0.05, 0) is 6.07 Å². The van der Waals surface area contributed by atoms with Crippen molar-refractivity contribution >= 4 is 10.4 Å². The van der Waals surface area contributed by atoms with Crippen LogP contribution in [0.2, 0.25) is 0 Å². The van der Waals surface area contributed by atoms with Crippen LogP contribution in [-0.4, -0.2) is 22.6 Å². The minimum Gasteiger partial charge on any atom is -0.759 e. The summed E-state index contributed by atoms with van der Waals surface area (Å²) in [4.78, 5) is 1.25. The largest absolute Gasteiger partial charge is 0.759 e. The zero-order valence-corrected chi connectivity index (χ0v) is 6.64. The summed E-state index contributed by atoms with van der Waals surface area (Å²) < 4.78 is 34.1. The van der Waals surface area contributed by atoms with E-state index in [-0.39, 0.29) is 0 Å². The van der Waals surface area contributed by atoms with Crippen molar-refractivity contribution in [3.63, 3.8) is 0 Å². The lowest BCUT2D eigenvalue weighted by Crippen LogP contribution is -2.47. The van der Waals surface area contributed by atoms with Crippen molar-refractivity contribution < 1.29 is 22.3 Å². The van der Waals surface area contributed by atoms with Crippen LogP contribution in [0.3, 0.4) is 0 Å². The molecule has 0 aliphatic heterocycles. The van der Waals surface area contributed by atoms with Crippen molar-refractivity contribution in [3.8, 4) is 0 Å². The Labute approximate surface area is 69.0 Å². The quantitative estimate of drug-likeness (QED) is 0.214. The Balaban J connectivity index is 0.000000217. The van der Waals surface area contributed by atoms with Crippen molar-refractivity contribution in [1.29, 1.82) is 0 Å². The normalized spacial score (nSPS) is 9.83. The van der Waals surface area contributed by atoms with Crippen LogP contribution in [0.5, 0.6) is 0 Å². The minimum absolute atomic E-state index is 1.25. The smallest absolute Gasteiger partial charge is 0.230 e. The molecule has 1 heterocycles. The van der Waals surface area contributed by atoms with Crippen LogP contribution >= 0.6 is 0 Å². The third kappa shape index (κ3) is 11.5. The van der Waals surface area contributed by atoms with Gasteiger partial charge in [0.05, 0.1) is 6.20 Å². The first-order chi connectivity index (χ1) is 5.39. The molecule has 1 aromatic rings. The molecule has 0 amide bonds. The molecule has 0 saturated heterocycles. The van der Waals surface area contributed by atoms with Gasteiger partial charge in [-0.15, -0.1) is 0 Å². The van der Waals surface area contributed by atoms with E-state index in [1.54, 1.807) is 12.4 Å². The Morgan fingerprint density at radius 2 is 1.83 bits per heavy atom. The van der Waals surface area contributed by atoms with Gasteiger partial charge in [-0.3, -0.25) is 8.42 Å². The second-order valence-corrected chi connectivity index (χ2v) is 2.40. The van der Waals surface area contributed by atoms with Crippen LogP contribution < -0.4 is 10.6 Å². The van der Waals surface area contributed by atoms with Crippen LogP contribution in [0, 0.1) is 0 Å². The monoisotopic (exact) mass is 192 g/mol. The number of aromatic nitrogens is 2. The molecule has 0 aliphatic carbocycles. The Hall–Kier alpha value is -1.25. The molecule has 0 saturated carbocycles. The van der Waals surface area contributed by atoms with Crippen molar-refractivity contribution in [2.45, 2.75) is 0 Å². The highest BCUT2D eigenvalue weighted by molar-refractivity contribution is 7.79. The Bertz CT molecular complexity index is 302. The summed E-state index contributed by atoms with van der Waals surface area (Å²) in [5, 5.41) is 3.67. The fourth-order valence-corrected chi connectivity index (χ4v) is 0.342. The van der Waals surface area contributed by atoms with Gasteiger partial charge in [-0.2, -0.15) is 5.84 Å². The summed E-state index contributed by atoms with van der Waals surface area (Å²) in [5.74, 6) is 5.16. The maximum atomic E-state index is 8.52. The molecule has 7 nitrogen and oxygen atoms in total. The fraction of sp³-hybridized carbons (Fsp3) is 0. The summed E-state index contributed by atoms with van der Waals surface area (Å²) in [6.07, 6.45) is 3.29. The van der Waals surface area contributed by atoms with E-state index in [0.717, 1.165) is 0 Å². The Kier molecular flexibility index (Phi) is 4.11. The fourth-order valence-electron chi connectivity index (χ4n) is 0.342. The first-order valence-electron chi connectivity index (χ1n) is 2.64. The SMILES string of the molecule is N[n+]1ccccn1.O=S(=O)([O-])[O-]. The Morgan fingerprint density at radius 3 is 2.00 bits per heavy atom.